The van der Waals surface area contributed by atoms with Crippen molar-refractivity contribution in [3.8, 4) is 11.8 Å². The lowest BCUT2D eigenvalue weighted by atomic mass is 9.88. The minimum absolute atomic E-state index is 0.958. The molecule has 0 amide bonds. The minimum atomic E-state index is -1.00. The van der Waals surface area contributed by atoms with Gasteiger partial charge in [-0.1, -0.05) is 72.5 Å². The molecule has 0 aliphatic carbocycles. The molecule has 5 aromatic rings. The van der Waals surface area contributed by atoms with Gasteiger partial charge in [-0.05, 0) is 63.0 Å². The van der Waals surface area contributed by atoms with Crippen molar-refractivity contribution in [2.24, 2.45) is 0 Å². The van der Waals surface area contributed by atoms with Crippen molar-refractivity contribution < 1.29 is 5.11 Å². The lowest BCUT2D eigenvalue weighted by Crippen LogP contribution is -2.14. The van der Waals surface area contributed by atoms with Gasteiger partial charge in [0.15, 0.2) is 0 Å². The zero-order valence-electron chi connectivity index (χ0n) is 14.8. The molecule has 124 valence electrons. The van der Waals surface area contributed by atoms with E-state index in [4.69, 9.17) is 0 Å². The molecule has 0 atom stereocenters. The first-order chi connectivity index (χ1) is 12.5. The van der Waals surface area contributed by atoms with Gasteiger partial charge in [0.1, 0.15) is 5.60 Å². The topological polar surface area (TPSA) is 20.2 Å². The molecule has 5 rings (SSSR count). The molecule has 0 bridgehead atoms. The molecule has 0 spiro atoms. The summed E-state index contributed by atoms with van der Waals surface area (Å²) in [6, 6.07) is 23.7. The van der Waals surface area contributed by atoms with E-state index in [1.807, 2.05) is 0 Å². The van der Waals surface area contributed by atoms with Crippen molar-refractivity contribution in [2.75, 3.05) is 0 Å². The standard InChI is InChI=1S/C25H18O/c1-25(2,26)15-14-16-12-13-22-20-10-4-7-17-6-3-9-19(23(17)20)21-11-5-8-18(16)24(21)22/h3-13,26H,1-2H3. The van der Waals surface area contributed by atoms with Crippen LogP contribution in [0.5, 0.6) is 0 Å². The van der Waals surface area contributed by atoms with Gasteiger partial charge in [-0.15, -0.1) is 0 Å². The quantitative estimate of drug-likeness (QED) is 0.214. The summed E-state index contributed by atoms with van der Waals surface area (Å²) in [5, 5.41) is 20.0. The highest BCUT2D eigenvalue weighted by atomic mass is 16.3. The fourth-order valence-electron chi connectivity index (χ4n) is 3.97. The van der Waals surface area contributed by atoms with Gasteiger partial charge in [-0.3, -0.25) is 0 Å². The Balaban J connectivity index is 2.01. The van der Waals surface area contributed by atoms with Crippen LogP contribution in [0, 0.1) is 11.8 Å². The van der Waals surface area contributed by atoms with Crippen molar-refractivity contribution >= 4 is 43.1 Å². The van der Waals surface area contributed by atoms with Crippen LogP contribution in [0.2, 0.25) is 0 Å². The van der Waals surface area contributed by atoms with E-state index in [0.29, 0.717) is 0 Å². The SMILES string of the molecule is CC(C)(O)C#Cc1ccc2c3cccc4cccc(c5cccc1c52)c43. The Hall–Kier alpha value is -3.08. The first-order valence-corrected chi connectivity index (χ1v) is 8.87. The van der Waals surface area contributed by atoms with E-state index in [1.165, 1.54) is 37.7 Å². The second kappa shape index (κ2) is 5.21. The number of aliphatic hydroxyl groups is 1. The predicted octanol–water partition coefficient (Wildman–Crippen LogP) is 5.86. The van der Waals surface area contributed by atoms with Gasteiger partial charge < -0.3 is 5.11 Å². The second-order valence-corrected chi connectivity index (χ2v) is 7.41. The van der Waals surface area contributed by atoms with Gasteiger partial charge in [0.05, 0.1) is 0 Å². The number of hydrogen-bond donors (Lipinski definition) is 1. The zero-order chi connectivity index (χ0) is 17.9. The third kappa shape index (κ3) is 2.17. The van der Waals surface area contributed by atoms with E-state index in [1.54, 1.807) is 13.8 Å². The zero-order valence-corrected chi connectivity index (χ0v) is 14.8. The van der Waals surface area contributed by atoms with Crippen LogP contribution in [-0.2, 0) is 0 Å². The van der Waals surface area contributed by atoms with Crippen LogP contribution in [0.1, 0.15) is 19.4 Å². The van der Waals surface area contributed by atoms with E-state index in [2.05, 4.69) is 78.6 Å². The van der Waals surface area contributed by atoms with E-state index in [9.17, 15) is 5.11 Å². The molecule has 0 heterocycles. The van der Waals surface area contributed by atoms with Crippen molar-refractivity contribution in [1.29, 1.82) is 0 Å². The third-order valence-electron chi connectivity index (χ3n) is 5.03. The highest BCUT2D eigenvalue weighted by Gasteiger charge is 2.14. The number of hydrogen-bond acceptors (Lipinski definition) is 1. The van der Waals surface area contributed by atoms with Crippen LogP contribution in [0.15, 0.2) is 66.7 Å². The fourth-order valence-corrected chi connectivity index (χ4v) is 3.97. The van der Waals surface area contributed by atoms with Crippen molar-refractivity contribution in [3.05, 3.63) is 72.3 Å². The van der Waals surface area contributed by atoms with Gasteiger partial charge in [-0.25, -0.2) is 0 Å². The van der Waals surface area contributed by atoms with Gasteiger partial charge in [0.2, 0.25) is 0 Å². The van der Waals surface area contributed by atoms with Crippen LogP contribution in [0.3, 0.4) is 0 Å². The molecule has 0 fully saturated rings. The van der Waals surface area contributed by atoms with Crippen LogP contribution >= 0.6 is 0 Å². The van der Waals surface area contributed by atoms with Crippen LogP contribution in [-0.4, -0.2) is 10.7 Å². The summed E-state index contributed by atoms with van der Waals surface area (Å²) in [7, 11) is 0. The van der Waals surface area contributed by atoms with Gasteiger partial charge >= 0.3 is 0 Å². The molecule has 5 aromatic carbocycles. The monoisotopic (exact) mass is 334 g/mol. The van der Waals surface area contributed by atoms with E-state index >= 15 is 0 Å². The Labute approximate surface area is 152 Å². The molecule has 1 heteroatoms. The highest BCUT2D eigenvalue weighted by molar-refractivity contribution is 6.33. The maximum atomic E-state index is 9.98. The second-order valence-electron chi connectivity index (χ2n) is 7.41. The first kappa shape index (κ1) is 15.2. The lowest BCUT2D eigenvalue weighted by Gasteiger charge is -2.15. The van der Waals surface area contributed by atoms with Crippen molar-refractivity contribution in [3.63, 3.8) is 0 Å². The van der Waals surface area contributed by atoms with Gasteiger partial charge in [0.25, 0.3) is 0 Å². The summed E-state index contributed by atoms with van der Waals surface area (Å²) < 4.78 is 0. The maximum Gasteiger partial charge on any atom is 0.120 e. The number of fused-ring (bicyclic) bond motifs is 2. The molecule has 0 radical (unpaired) electrons. The summed E-state index contributed by atoms with van der Waals surface area (Å²) in [5.74, 6) is 6.13. The van der Waals surface area contributed by atoms with Crippen molar-refractivity contribution in [1.82, 2.24) is 0 Å². The fraction of sp³-hybridized carbons (Fsp3) is 0.120. The van der Waals surface area contributed by atoms with Crippen molar-refractivity contribution in [2.45, 2.75) is 19.4 Å². The smallest absolute Gasteiger partial charge is 0.120 e. The van der Waals surface area contributed by atoms with Gasteiger partial charge in [0, 0.05) is 5.56 Å². The first-order valence-electron chi connectivity index (χ1n) is 8.87. The molecule has 26 heavy (non-hydrogen) atoms. The Morgan fingerprint density at radius 1 is 0.654 bits per heavy atom. The number of rotatable bonds is 0. The minimum Gasteiger partial charge on any atom is -0.378 e. The normalized spacial score (nSPS) is 12.1. The lowest BCUT2D eigenvalue weighted by molar-refractivity contribution is 0.143. The molecule has 0 unspecified atom stereocenters. The number of benzene rings is 5. The molecule has 1 N–H and O–H groups in total. The summed E-state index contributed by atoms with van der Waals surface area (Å²) in [4.78, 5) is 0. The largest absolute Gasteiger partial charge is 0.378 e. The third-order valence-corrected chi connectivity index (χ3v) is 5.03. The molecule has 0 aromatic heterocycles. The Kier molecular flexibility index (Phi) is 3.04. The molecule has 0 aliphatic heterocycles. The average Bonchev–Trinajstić information content (AvgIpc) is 2.64. The highest BCUT2D eigenvalue weighted by Crippen LogP contribution is 2.40. The molecular weight excluding hydrogens is 316 g/mol. The Morgan fingerprint density at radius 3 is 1.85 bits per heavy atom. The molecule has 0 saturated carbocycles. The molecular formula is C25H18O. The summed E-state index contributed by atoms with van der Waals surface area (Å²) >= 11 is 0. The van der Waals surface area contributed by atoms with Crippen LogP contribution in [0.25, 0.3) is 43.1 Å². The summed E-state index contributed by atoms with van der Waals surface area (Å²) in [5.41, 5.74) is -0.0444. The molecule has 1 nitrogen and oxygen atoms in total. The van der Waals surface area contributed by atoms with Crippen LogP contribution in [0.4, 0.5) is 0 Å². The maximum absolute atomic E-state index is 9.98. The summed E-state index contributed by atoms with van der Waals surface area (Å²) in [6.07, 6.45) is 0. The summed E-state index contributed by atoms with van der Waals surface area (Å²) in [6.45, 7) is 3.42. The molecule has 0 aliphatic rings. The van der Waals surface area contributed by atoms with Crippen LogP contribution < -0.4 is 0 Å². The van der Waals surface area contributed by atoms with E-state index in [-0.39, 0.29) is 0 Å². The Morgan fingerprint density at radius 2 is 1.19 bits per heavy atom. The molecule has 0 saturated heterocycles. The van der Waals surface area contributed by atoms with E-state index < -0.39 is 5.60 Å². The van der Waals surface area contributed by atoms with Gasteiger partial charge in [-0.2, -0.15) is 0 Å². The Bertz CT molecular complexity index is 1310. The predicted molar refractivity (Wildman–Crippen MR) is 111 cm³/mol. The van der Waals surface area contributed by atoms with E-state index in [0.717, 1.165) is 10.9 Å². The average molecular weight is 334 g/mol.